The van der Waals surface area contributed by atoms with E-state index in [4.69, 9.17) is 0 Å². The van der Waals surface area contributed by atoms with Crippen LogP contribution in [-0.4, -0.2) is 0 Å². The van der Waals surface area contributed by atoms with Crippen LogP contribution in [0.2, 0.25) is 0 Å². The van der Waals surface area contributed by atoms with Crippen molar-refractivity contribution in [1.82, 2.24) is 0 Å². The molecular weight excluding hydrogens is 1680 g/mol. The Kier molecular flexibility index (Phi) is 17.0. The van der Waals surface area contributed by atoms with Gasteiger partial charge in [0.15, 0.2) is 0 Å². The minimum absolute atomic E-state index is 0.188. The fourth-order valence-electron chi connectivity index (χ4n) is 27.5. The van der Waals surface area contributed by atoms with Crippen molar-refractivity contribution in [2.75, 3.05) is 19.6 Å². The number of anilines is 12. The van der Waals surface area contributed by atoms with Crippen molar-refractivity contribution in [2.24, 2.45) is 0 Å². The van der Waals surface area contributed by atoms with Crippen molar-refractivity contribution >= 4 is 68.2 Å². The third-order valence-corrected chi connectivity index (χ3v) is 35.4. The molecule has 6 aliphatic carbocycles. The molecule has 0 atom stereocenters. The zero-order valence-corrected chi connectivity index (χ0v) is 82.9. The maximum absolute atomic E-state index is 2.77. The number of hydrogen-bond acceptors (Lipinski definition) is 4. The summed E-state index contributed by atoms with van der Waals surface area (Å²) in [6.45, 7) is 44.0. The molecule has 18 aromatic carbocycles. The van der Waals surface area contributed by atoms with Gasteiger partial charge in [0.05, 0.1) is 17.1 Å². The van der Waals surface area contributed by atoms with Crippen molar-refractivity contribution in [3.05, 3.63) is 464 Å². The molecule has 18 aromatic rings. The van der Waals surface area contributed by atoms with Gasteiger partial charge in [-0.05, 0) is 346 Å². The molecule has 0 N–H and O–H groups in total. The minimum atomic E-state index is -0.479. The predicted molar refractivity (Wildman–Crippen MR) is 583 cm³/mol. The van der Waals surface area contributed by atoms with Crippen LogP contribution in [0.15, 0.2) is 364 Å². The number of benzene rings is 18. The molecule has 0 radical (unpaired) electrons. The smallest absolute Gasteiger partial charge is 0.0544 e. The highest BCUT2D eigenvalue weighted by molar-refractivity contribution is 6.03. The first kappa shape index (κ1) is 83.5. The molecule has 3 aliphatic heterocycles. The molecule has 0 amide bonds. The minimum Gasteiger partial charge on any atom is -0.310 e. The van der Waals surface area contributed by atoms with Gasteiger partial charge in [0.2, 0.25) is 0 Å². The van der Waals surface area contributed by atoms with E-state index in [0.29, 0.717) is 0 Å². The SMILES string of the molecule is CC1(C)c2ccccc2-c2ccc(N(c3ccc(-c4cc5c6c(c4)C(C)(C)c4cc(-c7ccc(N(c8ccc9c(c8)C(C)(C)c8ccccc8-9)c8ccc9c(c8)C(C)(C)c8ccccc8-9)cc7)cc7c4N6c4c(cc(-c6ccc(N(c8ccc9c(c8)C(C)(C)c8ccccc8-9)c8ccc9c(c8)C(C)(C)c8ccccc8-9)cc6)cc4C7(C)C)C5(C)C)cc3)c3ccc4c(c3)C(C)(C)c3ccccc3-4)cc21. The van der Waals surface area contributed by atoms with Crippen LogP contribution in [0.4, 0.5) is 68.2 Å². The van der Waals surface area contributed by atoms with Gasteiger partial charge in [0.25, 0.3) is 0 Å². The summed E-state index contributed by atoms with van der Waals surface area (Å²) in [5.74, 6) is 0. The van der Waals surface area contributed by atoms with E-state index in [1.54, 1.807) is 0 Å². The van der Waals surface area contributed by atoms with Crippen LogP contribution in [0.5, 0.6) is 0 Å². The second-order valence-electron chi connectivity index (χ2n) is 46.0. The summed E-state index contributed by atoms with van der Waals surface area (Å²) >= 11 is 0. The van der Waals surface area contributed by atoms with Gasteiger partial charge in [-0.1, -0.05) is 343 Å². The van der Waals surface area contributed by atoms with Crippen molar-refractivity contribution in [1.29, 1.82) is 0 Å². The highest BCUT2D eigenvalue weighted by atomic mass is 15.2. The Bertz CT molecular complexity index is 7270. The molecule has 139 heavy (non-hydrogen) atoms. The van der Waals surface area contributed by atoms with Crippen LogP contribution in [0.25, 0.3) is 100 Å². The third-order valence-electron chi connectivity index (χ3n) is 35.4. The second kappa shape index (κ2) is 28.2. The predicted octanol–water partition coefficient (Wildman–Crippen LogP) is 36.3. The Morgan fingerprint density at radius 3 is 0.446 bits per heavy atom. The Hall–Kier alpha value is -14.8. The standard InChI is InChI=1S/C135H114N4/c1-127(2)106-37-25-19-31-94(106)100-61-55-88(73-112(100)127)136(89-56-62-101-95-32-20-26-38-107(95)128(3,4)113(101)74-89)85-49-43-79(44-50-85)82-67-118-124-119(68-82)134(15,16)121-70-84(81-47-53-87(54-48-81)138(92-59-65-104-98-35-23-29-41-110(98)131(9,10)116(104)77-92)93-60-66-105-99-36-24-30-42-111(99)132(11,12)117(105)78-93)72-123-126(121)139(124)125-120(133(118,13)14)69-83(71-122(125)135(123,17)18)80-45-51-86(52-46-80)137(90-57-63-102-96-33-21-27-39-108(96)129(5,6)114(102)75-90)91-58-64-103-97-34-22-28-40-109(97)130(7,8)115(103)76-91/h19-78H,1-18H3. The van der Waals surface area contributed by atoms with E-state index < -0.39 is 16.2 Å². The fourth-order valence-corrected chi connectivity index (χ4v) is 27.5. The molecule has 0 saturated carbocycles. The van der Waals surface area contributed by atoms with Crippen LogP contribution >= 0.6 is 0 Å². The summed E-state index contributed by atoms with van der Waals surface area (Å²) in [7, 11) is 0. The van der Waals surface area contributed by atoms with Gasteiger partial charge in [0.1, 0.15) is 0 Å². The Morgan fingerprint density at radius 2 is 0.273 bits per heavy atom. The monoisotopic (exact) mass is 1790 g/mol. The summed E-state index contributed by atoms with van der Waals surface area (Å²) in [4.78, 5) is 10.4. The molecule has 0 saturated heterocycles. The van der Waals surface area contributed by atoms with E-state index in [2.05, 4.69) is 508 Å². The number of fused-ring (bicyclic) bond motifs is 18. The summed E-state index contributed by atoms with van der Waals surface area (Å²) in [5, 5.41) is 0. The maximum Gasteiger partial charge on any atom is 0.0544 e. The first-order valence-electron chi connectivity index (χ1n) is 50.3. The van der Waals surface area contributed by atoms with Crippen molar-refractivity contribution < 1.29 is 0 Å². The molecular formula is C135H114N4. The van der Waals surface area contributed by atoms with E-state index in [0.717, 1.165) is 51.2 Å². The average molecular weight is 1790 g/mol. The molecule has 27 rings (SSSR count). The molecule has 0 unspecified atom stereocenters. The van der Waals surface area contributed by atoms with Crippen molar-refractivity contribution in [3.63, 3.8) is 0 Å². The fraction of sp³-hybridized carbons (Fsp3) is 0.200. The Labute approximate surface area is 819 Å². The van der Waals surface area contributed by atoms with E-state index in [-0.39, 0.29) is 32.5 Å². The third kappa shape index (κ3) is 11.3. The van der Waals surface area contributed by atoms with Crippen LogP contribution in [0.3, 0.4) is 0 Å². The molecule has 0 fully saturated rings. The second-order valence-corrected chi connectivity index (χ2v) is 46.0. The summed E-state index contributed by atoms with van der Waals surface area (Å²) in [6, 6.07) is 142. The summed E-state index contributed by atoms with van der Waals surface area (Å²) < 4.78 is 0. The number of nitrogens with zero attached hydrogens (tertiary/aromatic N) is 4. The van der Waals surface area contributed by atoms with E-state index in [9.17, 15) is 0 Å². The summed E-state index contributed by atoms with van der Waals surface area (Å²) in [5.41, 5.74) is 58.9. The lowest BCUT2D eigenvalue weighted by Crippen LogP contribution is -2.43. The first-order chi connectivity index (χ1) is 66.7. The van der Waals surface area contributed by atoms with Crippen molar-refractivity contribution in [3.8, 4) is 100 Å². The average Bonchev–Trinajstić information content (AvgIpc) is 1.65. The van der Waals surface area contributed by atoms with Crippen LogP contribution in [0, 0.1) is 0 Å². The van der Waals surface area contributed by atoms with Gasteiger partial charge >= 0.3 is 0 Å². The largest absolute Gasteiger partial charge is 0.310 e. The van der Waals surface area contributed by atoms with Gasteiger partial charge in [0, 0.05) is 99.9 Å². The van der Waals surface area contributed by atoms with Gasteiger partial charge in [-0.2, -0.15) is 0 Å². The first-order valence-corrected chi connectivity index (χ1v) is 50.3. The highest BCUT2D eigenvalue weighted by Crippen LogP contribution is 2.69. The zero-order chi connectivity index (χ0) is 94.9. The Morgan fingerprint density at radius 1 is 0.129 bits per heavy atom. The summed E-state index contributed by atoms with van der Waals surface area (Å²) in [6.07, 6.45) is 0. The van der Waals surface area contributed by atoms with Gasteiger partial charge in [-0.25, -0.2) is 0 Å². The van der Waals surface area contributed by atoms with Gasteiger partial charge in [-0.3, -0.25) is 0 Å². The molecule has 9 aliphatic rings. The Balaban J connectivity index is 0.622. The lowest BCUT2D eigenvalue weighted by atomic mass is 9.60. The van der Waals surface area contributed by atoms with Crippen LogP contribution in [0.1, 0.15) is 225 Å². The molecule has 4 nitrogen and oxygen atoms in total. The maximum atomic E-state index is 2.77. The molecule has 0 aromatic heterocycles. The molecule has 3 heterocycles. The van der Waals surface area contributed by atoms with E-state index >= 15 is 0 Å². The normalized spacial score (nSPS) is 16.9. The lowest BCUT2D eigenvalue weighted by Gasteiger charge is -2.55. The topological polar surface area (TPSA) is 13.0 Å². The quantitative estimate of drug-likeness (QED) is 0.121. The molecule has 674 valence electrons. The number of hydrogen-bond donors (Lipinski definition) is 0. The number of rotatable bonds is 12. The van der Waals surface area contributed by atoms with Gasteiger partial charge in [-0.15, -0.1) is 0 Å². The molecule has 0 spiro atoms. The van der Waals surface area contributed by atoms with Gasteiger partial charge < -0.3 is 19.6 Å². The van der Waals surface area contributed by atoms with E-state index in [1.165, 1.54) is 217 Å². The molecule has 4 heteroatoms. The van der Waals surface area contributed by atoms with E-state index in [1.807, 2.05) is 0 Å². The zero-order valence-electron chi connectivity index (χ0n) is 82.9. The molecule has 0 bridgehead atoms. The van der Waals surface area contributed by atoms with Crippen LogP contribution in [-0.2, 0) is 48.7 Å². The van der Waals surface area contributed by atoms with Crippen LogP contribution < -0.4 is 19.6 Å². The van der Waals surface area contributed by atoms with Crippen molar-refractivity contribution in [2.45, 2.75) is 173 Å². The lowest BCUT2D eigenvalue weighted by molar-refractivity contribution is 0.567. The highest BCUT2D eigenvalue weighted by Gasteiger charge is 2.54.